The second-order valence-corrected chi connectivity index (χ2v) is 4.89. The fraction of sp³-hybridized carbons (Fsp3) is 0.500. The van der Waals surface area contributed by atoms with Gasteiger partial charge in [0.1, 0.15) is 23.9 Å². The Hall–Kier alpha value is -1.37. The summed E-state index contributed by atoms with van der Waals surface area (Å²) in [4.78, 5) is 0. The van der Waals surface area contributed by atoms with Gasteiger partial charge in [-0.15, -0.1) is 0 Å². The van der Waals surface area contributed by atoms with Gasteiger partial charge >= 0.3 is 0 Å². The average molecular weight is 345 g/mol. The Kier molecular flexibility index (Phi) is 4.63. The number of aliphatic hydroxyl groups is 4. The fourth-order valence-electron chi connectivity index (χ4n) is 2.32. The van der Waals surface area contributed by atoms with E-state index in [0.29, 0.717) is 0 Å². The molecule has 0 spiro atoms. The molecular formula is C12H10F5O6-. The number of halogens is 5. The molecule has 1 aliphatic rings. The second kappa shape index (κ2) is 5.92. The van der Waals surface area contributed by atoms with E-state index in [0.717, 1.165) is 0 Å². The third-order valence-electron chi connectivity index (χ3n) is 3.60. The van der Waals surface area contributed by atoms with Crippen molar-refractivity contribution < 1.29 is 52.2 Å². The monoisotopic (exact) mass is 345 g/mol. The van der Waals surface area contributed by atoms with Crippen molar-refractivity contribution in [3.63, 3.8) is 0 Å². The number of hydrogen-bond donors (Lipinski definition) is 4. The summed E-state index contributed by atoms with van der Waals surface area (Å²) in [5.74, 6) is -12.5. The van der Waals surface area contributed by atoms with E-state index in [1.165, 1.54) is 0 Å². The minimum atomic E-state index is -3.69. The van der Waals surface area contributed by atoms with Gasteiger partial charge in [-0.3, -0.25) is 0 Å². The molecule has 2 rings (SSSR count). The van der Waals surface area contributed by atoms with Crippen LogP contribution in [0.1, 0.15) is 5.56 Å². The van der Waals surface area contributed by atoms with Gasteiger partial charge in [0.05, 0.1) is 12.2 Å². The van der Waals surface area contributed by atoms with E-state index in [1.807, 2.05) is 0 Å². The third-order valence-corrected chi connectivity index (χ3v) is 3.60. The SMILES string of the molecule is [O-][C@@H]1O[C@H](CO)[C@H](O)[C@H](O)[C@]1(O)c1c(F)c(F)c(F)c(F)c1F. The van der Waals surface area contributed by atoms with Gasteiger partial charge in [-0.05, 0) is 0 Å². The highest BCUT2D eigenvalue weighted by molar-refractivity contribution is 5.32. The predicted molar refractivity (Wildman–Crippen MR) is 57.9 cm³/mol. The maximum atomic E-state index is 13.8. The number of rotatable bonds is 2. The van der Waals surface area contributed by atoms with Crippen molar-refractivity contribution in [3.8, 4) is 0 Å². The molecular weight excluding hydrogens is 335 g/mol. The van der Waals surface area contributed by atoms with E-state index in [9.17, 15) is 42.4 Å². The van der Waals surface area contributed by atoms with Crippen molar-refractivity contribution in [1.82, 2.24) is 0 Å². The van der Waals surface area contributed by atoms with Gasteiger partial charge < -0.3 is 30.3 Å². The van der Waals surface area contributed by atoms with Crippen molar-refractivity contribution in [2.45, 2.75) is 30.2 Å². The highest BCUT2D eigenvalue weighted by Gasteiger charge is 2.54. The molecule has 1 aromatic rings. The van der Waals surface area contributed by atoms with Crippen LogP contribution in [-0.4, -0.2) is 51.6 Å². The Labute approximate surface area is 125 Å². The Morgan fingerprint density at radius 3 is 1.83 bits per heavy atom. The van der Waals surface area contributed by atoms with Crippen LogP contribution in [0.2, 0.25) is 0 Å². The molecule has 11 heteroatoms. The number of ether oxygens (including phenoxy) is 1. The number of aliphatic hydroxyl groups excluding tert-OH is 3. The lowest BCUT2D eigenvalue weighted by Gasteiger charge is -2.51. The van der Waals surface area contributed by atoms with Gasteiger partial charge in [0.15, 0.2) is 23.3 Å². The largest absolute Gasteiger partial charge is 0.829 e. The molecule has 1 fully saturated rings. The van der Waals surface area contributed by atoms with Gasteiger partial charge in [0, 0.05) is 6.29 Å². The molecule has 23 heavy (non-hydrogen) atoms. The quantitative estimate of drug-likeness (QED) is 0.291. The Morgan fingerprint density at radius 1 is 0.957 bits per heavy atom. The zero-order valence-electron chi connectivity index (χ0n) is 11.0. The molecule has 0 unspecified atom stereocenters. The summed E-state index contributed by atoms with van der Waals surface area (Å²) in [6.07, 6.45) is -9.60. The van der Waals surface area contributed by atoms with Gasteiger partial charge in [-0.2, -0.15) is 0 Å². The Balaban J connectivity index is 2.69. The molecule has 4 N–H and O–H groups in total. The van der Waals surface area contributed by atoms with Gasteiger partial charge in [-0.1, -0.05) is 0 Å². The highest BCUT2D eigenvalue weighted by atomic mass is 19.2. The van der Waals surface area contributed by atoms with Crippen molar-refractivity contribution >= 4 is 0 Å². The smallest absolute Gasteiger partial charge is 0.200 e. The Bertz CT molecular complexity index is 599. The van der Waals surface area contributed by atoms with Crippen molar-refractivity contribution in [2.75, 3.05) is 6.61 Å². The predicted octanol–water partition coefficient (Wildman–Crippen LogP) is -1.63. The van der Waals surface area contributed by atoms with Crippen LogP contribution in [0.25, 0.3) is 0 Å². The molecule has 5 atom stereocenters. The number of benzene rings is 1. The lowest BCUT2D eigenvalue weighted by molar-refractivity contribution is -0.556. The molecule has 1 aliphatic heterocycles. The standard InChI is InChI=1S/C12H10F5O6/c13-4-3(5(14)7(16)8(17)6(4)15)12(22)10(20)9(19)2(1-18)23-11(12)21/h2,9-11,18-20,22H,1H2/q-1/t2-,9+,10+,11-,12-/m1/s1. The van der Waals surface area contributed by atoms with Gasteiger partial charge in [0.25, 0.3) is 0 Å². The van der Waals surface area contributed by atoms with Crippen LogP contribution in [0.5, 0.6) is 0 Å². The molecule has 130 valence electrons. The van der Waals surface area contributed by atoms with E-state index in [4.69, 9.17) is 5.11 Å². The van der Waals surface area contributed by atoms with Crippen molar-refractivity contribution in [3.05, 3.63) is 34.6 Å². The normalized spacial score (nSPS) is 34.7. The van der Waals surface area contributed by atoms with E-state index in [1.54, 1.807) is 0 Å². The molecule has 0 aromatic heterocycles. The summed E-state index contributed by atoms with van der Waals surface area (Å²) in [5.41, 5.74) is -5.72. The van der Waals surface area contributed by atoms with Crippen LogP contribution in [0, 0.1) is 29.1 Å². The molecule has 0 bridgehead atoms. The van der Waals surface area contributed by atoms with Crippen LogP contribution in [-0.2, 0) is 10.3 Å². The van der Waals surface area contributed by atoms with E-state index in [2.05, 4.69) is 4.74 Å². The van der Waals surface area contributed by atoms with Crippen LogP contribution < -0.4 is 5.11 Å². The fourth-order valence-corrected chi connectivity index (χ4v) is 2.32. The zero-order valence-corrected chi connectivity index (χ0v) is 11.0. The summed E-state index contributed by atoms with van der Waals surface area (Å²) in [7, 11) is 0. The highest BCUT2D eigenvalue weighted by Crippen LogP contribution is 2.40. The zero-order chi connectivity index (χ0) is 17.7. The lowest BCUT2D eigenvalue weighted by atomic mass is 9.80. The van der Waals surface area contributed by atoms with Crippen LogP contribution >= 0.6 is 0 Å². The van der Waals surface area contributed by atoms with Crippen molar-refractivity contribution in [1.29, 1.82) is 0 Å². The third kappa shape index (κ3) is 2.40. The van der Waals surface area contributed by atoms with Crippen LogP contribution in [0.4, 0.5) is 22.0 Å². The summed E-state index contributed by atoms with van der Waals surface area (Å²) < 4.78 is 71.4. The van der Waals surface area contributed by atoms with E-state index in [-0.39, 0.29) is 0 Å². The Morgan fingerprint density at radius 2 is 1.39 bits per heavy atom. The summed E-state index contributed by atoms with van der Waals surface area (Å²) >= 11 is 0. The van der Waals surface area contributed by atoms with Gasteiger partial charge in [-0.25, -0.2) is 22.0 Å². The molecule has 1 heterocycles. The van der Waals surface area contributed by atoms with Gasteiger partial charge in [0.2, 0.25) is 5.82 Å². The molecule has 6 nitrogen and oxygen atoms in total. The molecule has 1 aromatic carbocycles. The number of hydrogen-bond acceptors (Lipinski definition) is 6. The van der Waals surface area contributed by atoms with Crippen LogP contribution in [0.3, 0.4) is 0 Å². The molecule has 1 saturated heterocycles. The molecule has 0 saturated carbocycles. The van der Waals surface area contributed by atoms with Crippen molar-refractivity contribution in [2.24, 2.45) is 0 Å². The van der Waals surface area contributed by atoms with E-state index < -0.39 is 71.5 Å². The minimum absolute atomic E-state index is 1.01. The summed E-state index contributed by atoms with van der Waals surface area (Å²) in [6, 6.07) is 0. The first-order valence-corrected chi connectivity index (χ1v) is 6.11. The first-order valence-electron chi connectivity index (χ1n) is 6.11. The molecule has 0 amide bonds. The minimum Gasteiger partial charge on any atom is -0.829 e. The van der Waals surface area contributed by atoms with E-state index >= 15 is 0 Å². The average Bonchev–Trinajstić information content (AvgIpc) is 2.53. The summed E-state index contributed by atoms with van der Waals surface area (Å²) in [6.45, 7) is -1.01. The first-order chi connectivity index (χ1) is 10.6. The molecule has 0 aliphatic carbocycles. The maximum absolute atomic E-state index is 13.8. The maximum Gasteiger partial charge on any atom is 0.200 e. The first kappa shape index (κ1) is 18.0. The second-order valence-electron chi connectivity index (χ2n) is 4.89. The topological polar surface area (TPSA) is 113 Å². The summed E-state index contributed by atoms with van der Waals surface area (Å²) in [5, 5.41) is 50.1. The van der Waals surface area contributed by atoms with Crippen LogP contribution in [0.15, 0.2) is 0 Å². The molecule has 0 radical (unpaired) electrons. The lowest BCUT2D eigenvalue weighted by Crippen LogP contribution is -2.68.